The molecule has 106 valence electrons. The first-order chi connectivity index (χ1) is 9.69. The number of halogens is 1. The lowest BCUT2D eigenvalue weighted by Crippen LogP contribution is -2.12. The second-order valence-corrected chi connectivity index (χ2v) is 5.32. The molecule has 2 rings (SSSR count). The van der Waals surface area contributed by atoms with E-state index in [1.807, 2.05) is 55.5 Å². The standard InChI is InChI=1S/C16H18BrNO2/c1-2-20-15-8-6-14(7-9-15)18-11-16(19)12-4-3-5-13(17)10-12/h3-10,16,18-19H,2,11H2,1H3. The highest BCUT2D eigenvalue weighted by atomic mass is 79.9. The third-order valence-corrected chi connectivity index (χ3v) is 3.39. The van der Waals surface area contributed by atoms with Crippen molar-refractivity contribution in [3.8, 4) is 5.75 Å². The van der Waals surface area contributed by atoms with Gasteiger partial charge >= 0.3 is 0 Å². The van der Waals surface area contributed by atoms with Gasteiger partial charge in [-0.15, -0.1) is 0 Å². The smallest absolute Gasteiger partial charge is 0.119 e. The second kappa shape index (κ2) is 7.31. The summed E-state index contributed by atoms with van der Waals surface area (Å²) in [6, 6.07) is 15.4. The number of aliphatic hydroxyl groups is 1. The summed E-state index contributed by atoms with van der Waals surface area (Å²) >= 11 is 3.40. The topological polar surface area (TPSA) is 41.5 Å². The molecule has 2 aromatic rings. The lowest BCUT2D eigenvalue weighted by Gasteiger charge is -2.14. The molecule has 0 fully saturated rings. The van der Waals surface area contributed by atoms with E-state index in [1.54, 1.807) is 0 Å². The van der Waals surface area contributed by atoms with Crippen LogP contribution in [0.5, 0.6) is 5.75 Å². The molecule has 0 radical (unpaired) electrons. The van der Waals surface area contributed by atoms with Crippen LogP contribution < -0.4 is 10.1 Å². The third-order valence-electron chi connectivity index (χ3n) is 2.90. The molecular weight excluding hydrogens is 318 g/mol. The van der Waals surface area contributed by atoms with Crippen molar-refractivity contribution < 1.29 is 9.84 Å². The summed E-state index contributed by atoms with van der Waals surface area (Å²) in [5, 5.41) is 13.3. The maximum Gasteiger partial charge on any atom is 0.119 e. The summed E-state index contributed by atoms with van der Waals surface area (Å²) in [6.07, 6.45) is -0.543. The highest BCUT2D eigenvalue weighted by molar-refractivity contribution is 9.10. The molecule has 3 nitrogen and oxygen atoms in total. The van der Waals surface area contributed by atoms with Crippen LogP contribution in [-0.2, 0) is 0 Å². The summed E-state index contributed by atoms with van der Waals surface area (Å²) in [7, 11) is 0. The van der Waals surface area contributed by atoms with Crippen molar-refractivity contribution in [2.75, 3.05) is 18.5 Å². The van der Waals surface area contributed by atoms with Crippen molar-refractivity contribution in [1.82, 2.24) is 0 Å². The number of ether oxygens (including phenoxy) is 1. The van der Waals surface area contributed by atoms with Crippen molar-refractivity contribution in [1.29, 1.82) is 0 Å². The van der Waals surface area contributed by atoms with Crippen LogP contribution in [0, 0.1) is 0 Å². The van der Waals surface area contributed by atoms with Crippen LogP contribution in [-0.4, -0.2) is 18.3 Å². The summed E-state index contributed by atoms with van der Waals surface area (Å²) < 4.78 is 6.35. The van der Waals surface area contributed by atoms with Gasteiger partial charge in [-0.2, -0.15) is 0 Å². The Morgan fingerprint density at radius 3 is 2.60 bits per heavy atom. The predicted octanol–water partition coefficient (Wildman–Crippen LogP) is 3.99. The maximum atomic E-state index is 10.1. The van der Waals surface area contributed by atoms with Gasteiger partial charge in [-0.05, 0) is 48.9 Å². The van der Waals surface area contributed by atoms with Crippen molar-refractivity contribution >= 4 is 21.6 Å². The number of benzene rings is 2. The molecule has 0 spiro atoms. The number of hydrogen-bond acceptors (Lipinski definition) is 3. The monoisotopic (exact) mass is 335 g/mol. The van der Waals surface area contributed by atoms with Gasteiger partial charge in [-0.25, -0.2) is 0 Å². The molecule has 20 heavy (non-hydrogen) atoms. The zero-order chi connectivity index (χ0) is 14.4. The quantitative estimate of drug-likeness (QED) is 0.838. The van der Waals surface area contributed by atoms with Crippen LogP contribution >= 0.6 is 15.9 Å². The van der Waals surface area contributed by atoms with Gasteiger partial charge in [-0.3, -0.25) is 0 Å². The van der Waals surface area contributed by atoms with E-state index in [4.69, 9.17) is 4.74 Å². The molecule has 1 unspecified atom stereocenters. The highest BCUT2D eigenvalue weighted by Gasteiger charge is 2.07. The van der Waals surface area contributed by atoms with Gasteiger partial charge in [0.05, 0.1) is 12.7 Å². The van der Waals surface area contributed by atoms with Gasteiger partial charge in [0.2, 0.25) is 0 Å². The molecule has 0 aliphatic heterocycles. The SMILES string of the molecule is CCOc1ccc(NCC(O)c2cccc(Br)c2)cc1. The van der Waals surface area contributed by atoms with Crippen molar-refractivity contribution in [3.05, 3.63) is 58.6 Å². The first-order valence-corrected chi connectivity index (χ1v) is 7.38. The van der Waals surface area contributed by atoms with Gasteiger partial charge in [0.15, 0.2) is 0 Å². The zero-order valence-electron chi connectivity index (χ0n) is 11.3. The fraction of sp³-hybridized carbons (Fsp3) is 0.250. The number of rotatable bonds is 6. The third kappa shape index (κ3) is 4.25. The molecule has 0 saturated carbocycles. The summed E-state index contributed by atoms with van der Waals surface area (Å²) in [6.45, 7) is 3.08. The van der Waals surface area contributed by atoms with Gasteiger partial charge in [-0.1, -0.05) is 28.1 Å². The molecule has 0 bridgehead atoms. The molecule has 0 heterocycles. The van der Waals surface area contributed by atoms with E-state index in [9.17, 15) is 5.11 Å². The molecule has 0 aliphatic rings. The van der Waals surface area contributed by atoms with Crippen molar-refractivity contribution in [3.63, 3.8) is 0 Å². The molecular formula is C16H18BrNO2. The fourth-order valence-corrected chi connectivity index (χ4v) is 2.30. The Kier molecular flexibility index (Phi) is 5.44. The fourth-order valence-electron chi connectivity index (χ4n) is 1.88. The summed E-state index contributed by atoms with van der Waals surface area (Å²) in [4.78, 5) is 0. The summed E-state index contributed by atoms with van der Waals surface area (Å²) in [5.41, 5.74) is 1.85. The highest BCUT2D eigenvalue weighted by Crippen LogP contribution is 2.20. The first kappa shape index (κ1) is 14.9. The Bertz CT molecular complexity index is 542. The van der Waals surface area contributed by atoms with E-state index >= 15 is 0 Å². The second-order valence-electron chi connectivity index (χ2n) is 4.41. The van der Waals surface area contributed by atoms with Gasteiger partial charge in [0, 0.05) is 16.7 Å². The van der Waals surface area contributed by atoms with Crippen LogP contribution in [0.4, 0.5) is 5.69 Å². The van der Waals surface area contributed by atoms with Crippen molar-refractivity contribution in [2.45, 2.75) is 13.0 Å². The normalized spacial score (nSPS) is 11.9. The zero-order valence-corrected chi connectivity index (χ0v) is 12.9. The van der Waals surface area contributed by atoms with E-state index in [1.165, 1.54) is 0 Å². The Morgan fingerprint density at radius 2 is 1.95 bits per heavy atom. The minimum atomic E-state index is -0.543. The Labute approximate surface area is 127 Å². The van der Waals surface area contributed by atoms with Gasteiger partial charge < -0.3 is 15.2 Å². The number of anilines is 1. The lowest BCUT2D eigenvalue weighted by atomic mass is 10.1. The van der Waals surface area contributed by atoms with E-state index in [0.717, 1.165) is 21.5 Å². The van der Waals surface area contributed by atoms with E-state index < -0.39 is 6.10 Å². The van der Waals surface area contributed by atoms with E-state index in [-0.39, 0.29) is 0 Å². The van der Waals surface area contributed by atoms with Crippen LogP contribution in [0.3, 0.4) is 0 Å². The average molecular weight is 336 g/mol. The van der Waals surface area contributed by atoms with E-state index in [2.05, 4.69) is 21.2 Å². The molecule has 2 N–H and O–H groups in total. The molecule has 0 aromatic heterocycles. The molecule has 2 aromatic carbocycles. The Balaban J connectivity index is 1.91. The summed E-state index contributed by atoms with van der Waals surface area (Å²) in [5.74, 6) is 0.852. The number of nitrogens with one attached hydrogen (secondary N) is 1. The van der Waals surface area contributed by atoms with Crippen LogP contribution in [0.1, 0.15) is 18.6 Å². The minimum absolute atomic E-state index is 0.463. The average Bonchev–Trinajstić information content (AvgIpc) is 2.46. The van der Waals surface area contributed by atoms with Gasteiger partial charge in [0.1, 0.15) is 5.75 Å². The maximum absolute atomic E-state index is 10.1. The van der Waals surface area contributed by atoms with Gasteiger partial charge in [0.25, 0.3) is 0 Å². The molecule has 0 amide bonds. The van der Waals surface area contributed by atoms with Crippen LogP contribution in [0.25, 0.3) is 0 Å². The Hall–Kier alpha value is -1.52. The van der Waals surface area contributed by atoms with Crippen molar-refractivity contribution in [2.24, 2.45) is 0 Å². The number of hydrogen-bond donors (Lipinski definition) is 2. The molecule has 0 saturated heterocycles. The predicted molar refractivity (Wildman–Crippen MR) is 85.2 cm³/mol. The largest absolute Gasteiger partial charge is 0.494 e. The minimum Gasteiger partial charge on any atom is -0.494 e. The molecule has 4 heteroatoms. The lowest BCUT2D eigenvalue weighted by molar-refractivity contribution is 0.191. The number of aliphatic hydroxyl groups excluding tert-OH is 1. The molecule has 1 atom stereocenters. The molecule has 0 aliphatic carbocycles. The van der Waals surface area contributed by atoms with Crippen LogP contribution in [0.2, 0.25) is 0 Å². The Morgan fingerprint density at radius 1 is 1.20 bits per heavy atom. The van der Waals surface area contributed by atoms with Crippen LogP contribution in [0.15, 0.2) is 53.0 Å². The van der Waals surface area contributed by atoms with E-state index in [0.29, 0.717) is 13.2 Å². The first-order valence-electron chi connectivity index (χ1n) is 6.59.